The molecule has 114 valence electrons. The van der Waals surface area contributed by atoms with Gasteiger partial charge in [-0.05, 0) is 76.9 Å². The second-order valence-corrected chi connectivity index (χ2v) is 7.10. The fraction of sp³-hybridized carbons (Fsp3) is 0.941. The van der Waals surface area contributed by atoms with Crippen molar-refractivity contribution in [3.05, 3.63) is 0 Å². The molecule has 20 heavy (non-hydrogen) atoms. The lowest BCUT2D eigenvalue weighted by Crippen LogP contribution is -2.41. The molecule has 3 nitrogen and oxygen atoms in total. The maximum Gasteiger partial charge on any atom is 0.106 e. The van der Waals surface area contributed by atoms with Crippen LogP contribution in [0.2, 0.25) is 0 Å². The summed E-state index contributed by atoms with van der Waals surface area (Å²) in [5.41, 5.74) is -0.312. The maximum atomic E-state index is 9.32. The predicted molar refractivity (Wildman–Crippen MR) is 83.4 cm³/mol. The first-order valence-corrected chi connectivity index (χ1v) is 8.41. The summed E-state index contributed by atoms with van der Waals surface area (Å²) in [5.74, 6) is 3.03. The fourth-order valence-corrected chi connectivity index (χ4v) is 4.41. The number of fused-ring (bicyclic) bond motifs is 2. The molecular formula is C17H31N3. The van der Waals surface area contributed by atoms with E-state index in [1.54, 1.807) is 0 Å². The quantitative estimate of drug-likeness (QED) is 0.741. The van der Waals surface area contributed by atoms with Crippen molar-refractivity contribution >= 4 is 0 Å². The van der Waals surface area contributed by atoms with Crippen molar-refractivity contribution < 1.29 is 0 Å². The van der Waals surface area contributed by atoms with Gasteiger partial charge in [-0.2, -0.15) is 5.26 Å². The zero-order valence-electron chi connectivity index (χ0n) is 13.5. The van der Waals surface area contributed by atoms with Crippen LogP contribution < -0.4 is 5.32 Å². The molecule has 0 aromatic heterocycles. The Hall–Kier alpha value is -0.590. The number of nitriles is 1. The summed E-state index contributed by atoms with van der Waals surface area (Å²) in [6.07, 6.45) is 8.91. The van der Waals surface area contributed by atoms with E-state index in [0.717, 1.165) is 43.6 Å². The molecule has 2 fully saturated rings. The second kappa shape index (κ2) is 6.91. The summed E-state index contributed by atoms with van der Waals surface area (Å²) in [6.45, 7) is 4.49. The number of nitrogens with one attached hydrogen (secondary N) is 1. The highest BCUT2D eigenvalue weighted by molar-refractivity contribution is 5.05. The number of hydrogen-bond acceptors (Lipinski definition) is 3. The Morgan fingerprint density at radius 1 is 1.35 bits per heavy atom. The van der Waals surface area contributed by atoms with Crippen LogP contribution in [0.5, 0.6) is 0 Å². The molecule has 2 saturated carbocycles. The first-order chi connectivity index (χ1) is 9.62. The van der Waals surface area contributed by atoms with Crippen LogP contribution >= 0.6 is 0 Å². The highest BCUT2D eigenvalue weighted by Gasteiger charge is 2.39. The van der Waals surface area contributed by atoms with Crippen molar-refractivity contribution in [2.45, 2.75) is 57.4 Å². The van der Waals surface area contributed by atoms with Gasteiger partial charge in [0.25, 0.3) is 0 Å². The molecule has 0 radical (unpaired) electrons. The summed E-state index contributed by atoms with van der Waals surface area (Å²) in [5, 5.41) is 12.5. The minimum Gasteiger partial charge on any atom is -0.306 e. The van der Waals surface area contributed by atoms with Crippen molar-refractivity contribution in [3.63, 3.8) is 0 Å². The predicted octanol–water partition coefficient (Wildman–Crippen LogP) is 3.03. The Morgan fingerprint density at radius 2 is 2.15 bits per heavy atom. The van der Waals surface area contributed by atoms with Crippen LogP contribution in [0, 0.1) is 29.1 Å². The van der Waals surface area contributed by atoms with Crippen molar-refractivity contribution in [3.8, 4) is 6.07 Å². The lowest BCUT2D eigenvalue weighted by atomic mass is 9.88. The lowest BCUT2D eigenvalue weighted by molar-refractivity contribution is 0.212. The summed E-state index contributed by atoms with van der Waals surface area (Å²) in [7, 11) is 4.16. The van der Waals surface area contributed by atoms with Crippen LogP contribution in [-0.2, 0) is 0 Å². The smallest absolute Gasteiger partial charge is 0.106 e. The molecule has 3 heteroatoms. The molecule has 1 N–H and O–H groups in total. The Morgan fingerprint density at radius 3 is 2.65 bits per heavy atom. The minimum atomic E-state index is -0.312. The minimum absolute atomic E-state index is 0.312. The Bertz CT molecular complexity index is 343. The van der Waals surface area contributed by atoms with E-state index in [1.165, 1.54) is 32.2 Å². The van der Waals surface area contributed by atoms with E-state index >= 15 is 0 Å². The van der Waals surface area contributed by atoms with Gasteiger partial charge < -0.3 is 10.2 Å². The van der Waals surface area contributed by atoms with Gasteiger partial charge in [-0.1, -0.05) is 13.3 Å². The molecule has 0 amide bonds. The molecule has 4 unspecified atom stereocenters. The van der Waals surface area contributed by atoms with Gasteiger partial charge in [0.2, 0.25) is 0 Å². The third-order valence-corrected chi connectivity index (χ3v) is 5.87. The van der Waals surface area contributed by atoms with Gasteiger partial charge in [-0.25, -0.2) is 0 Å². The highest BCUT2D eigenvalue weighted by Crippen LogP contribution is 2.48. The van der Waals surface area contributed by atoms with Gasteiger partial charge in [0.05, 0.1) is 6.07 Å². The van der Waals surface area contributed by atoms with Gasteiger partial charge in [0, 0.05) is 6.54 Å². The number of nitrogens with zero attached hydrogens (tertiary/aromatic N) is 2. The van der Waals surface area contributed by atoms with E-state index in [2.05, 4.69) is 30.3 Å². The van der Waals surface area contributed by atoms with E-state index in [4.69, 9.17) is 0 Å². The van der Waals surface area contributed by atoms with Crippen molar-refractivity contribution in [2.24, 2.45) is 17.8 Å². The van der Waals surface area contributed by atoms with Gasteiger partial charge >= 0.3 is 0 Å². The molecule has 0 aromatic carbocycles. The summed E-state index contributed by atoms with van der Waals surface area (Å²) >= 11 is 0. The molecule has 4 atom stereocenters. The van der Waals surface area contributed by atoms with Gasteiger partial charge in [-0.3, -0.25) is 0 Å². The zero-order valence-corrected chi connectivity index (χ0v) is 13.5. The molecule has 0 heterocycles. The third-order valence-electron chi connectivity index (χ3n) is 5.87. The number of hydrogen-bond donors (Lipinski definition) is 1. The molecule has 0 spiro atoms. The molecule has 0 aliphatic heterocycles. The van der Waals surface area contributed by atoms with Crippen LogP contribution in [-0.4, -0.2) is 37.6 Å². The highest BCUT2D eigenvalue weighted by atomic mass is 15.1. The van der Waals surface area contributed by atoms with Crippen LogP contribution in [0.15, 0.2) is 0 Å². The SMILES string of the molecule is CCC(C#N)(CCCN(C)CC1CC2CCC1C2)NC. The largest absolute Gasteiger partial charge is 0.306 e. The molecule has 2 aliphatic rings. The second-order valence-electron chi connectivity index (χ2n) is 7.10. The summed E-state index contributed by atoms with van der Waals surface area (Å²) in [4.78, 5) is 2.50. The summed E-state index contributed by atoms with van der Waals surface area (Å²) in [6, 6.07) is 2.45. The van der Waals surface area contributed by atoms with Crippen molar-refractivity contribution in [1.29, 1.82) is 5.26 Å². The van der Waals surface area contributed by atoms with Crippen LogP contribution in [0.1, 0.15) is 51.9 Å². The Balaban J connectivity index is 1.68. The molecule has 0 aromatic rings. The average molecular weight is 277 g/mol. The topological polar surface area (TPSA) is 39.1 Å². The van der Waals surface area contributed by atoms with Crippen LogP contribution in [0.25, 0.3) is 0 Å². The maximum absolute atomic E-state index is 9.32. The lowest BCUT2D eigenvalue weighted by Gasteiger charge is -2.29. The molecule has 0 saturated heterocycles. The fourth-order valence-electron chi connectivity index (χ4n) is 4.41. The first kappa shape index (κ1) is 15.8. The van der Waals surface area contributed by atoms with Crippen molar-refractivity contribution in [2.75, 3.05) is 27.2 Å². The standard InChI is InChI=1S/C17H31N3/c1-4-17(13-18,19-2)8-5-9-20(3)12-16-11-14-6-7-15(16)10-14/h14-16,19H,4-12H2,1-3H3. The Kier molecular flexibility index (Phi) is 5.46. The van der Waals surface area contributed by atoms with E-state index in [9.17, 15) is 5.26 Å². The van der Waals surface area contributed by atoms with E-state index in [-0.39, 0.29) is 5.54 Å². The monoisotopic (exact) mass is 277 g/mol. The van der Waals surface area contributed by atoms with Crippen molar-refractivity contribution in [1.82, 2.24) is 10.2 Å². The van der Waals surface area contributed by atoms with E-state index in [1.807, 2.05) is 7.05 Å². The average Bonchev–Trinajstić information content (AvgIpc) is 3.06. The first-order valence-electron chi connectivity index (χ1n) is 8.41. The zero-order chi connectivity index (χ0) is 14.6. The number of rotatable bonds is 8. The molecule has 2 aliphatic carbocycles. The van der Waals surface area contributed by atoms with Crippen LogP contribution in [0.3, 0.4) is 0 Å². The molecular weight excluding hydrogens is 246 g/mol. The molecule has 2 bridgehead atoms. The Labute approximate surface area is 124 Å². The molecule has 2 rings (SSSR count). The normalized spacial score (nSPS) is 31.4. The van der Waals surface area contributed by atoms with Gasteiger partial charge in [0.15, 0.2) is 0 Å². The van der Waals surface area contributed by atoms with E-state index < -0.39 is 0 Å². The van der Waals surface area contributed by atoms with E-state index in [0.29, 0.717) is 0 Å². The van der Waals surface area contributed by atoms with Gasteiger partial charge in [-0.15, -0.1) is 0 Å². The van der Waals surface area contributed by atoms with Crippen LogP contribution in [0.4, 0.5) is 0 Å². The summed E-state index contributed by atoms with van der Waals surface area (Å²) < 4.78 is 0. The third kappa shape index (κ3) is 3.54. The van der Waals surface area contributed by atoms with Gasteiger partial charge in [0.1, 0.15) is 5.54 Å².